The number of hydrogen-bond donors (Lipinski definition) is 0. The molecule has 3 aromatic rings. The first-order valence-electron chi connectivity index (χ1n) is 16.9. The highest BCUT2D eigenvalue weighted by molar-refractivity contribution is 5.72. The van der Waals surface area contributed by atoms with Crippen LogP contribution < -0.4 is 0 Å². The van der Waals surface area contributed by atoms with E-state index in [1.54, 1.807) is 0 Å². The summed E-state index contributed by atoms with van der Waals surface area (Å²) < 4.78 is 10.6. The number of fused-ring (bicyclic) bond motifs is 10. The van der Waals surface area contributed by atoms with Crippen LogP contribution in [0, 0.1) is 5.92 Å². The summed E-state index contributed by atoms with van der Waals surface area (Å²) in [5.74, 6) is 0.554. The van der Waals surface area contributed by atoms with Gasteiger partial charge in [0.05, 0.1) is 25.9 Å². The first kappa shape index (κ1) is 28.1. The van der Waals surface area contributed by atoms with E-state index < -0.39 is 5.54 Å². The second-order valence-electron chi connectivity index (χ2n) is 14.2. The Morgan fingerprint density at radius 3 is 2.17 bits per heavy atom. The Hall–Kier alpha value is -4.20. The van der Waals surface area contributed by atoms with Crippen molar-refractivity contribution in [2.24, 2.45) is 16.1 Å². The molecule has 3 aromatic carbocycles. The molecule has 3 fully saturated rings. The molecule has 6 aliphatic rings. The lowest BCUT2D eigenvalue weighted by atomic mass is 9.53. The number of carbonyl (C=O) groups excluding carboxylic acids is 2. The van der Waals surface area contributed by atoms with E-state index in [1.807, 2.05) is 9.80 Å². The van der Waals surface area contributed by atoms with Crippen molar-refractivity contribution in [1.29, 1.82) is 0 Å². The van der Waals surface area contributed by atoms with E-state index in [4.69, 9.17) is 19.7 Å². The van der Waals surface area contributed by atoms with Crippen molar-refractivity contribution in [3.63, 3.8) is 0 Å². The van der Waals surface area contributed by atoms with Gasteiger partial charge in [0.25, 0.3) is 0 Å². The molecule has 6 atom stereocenters. The summed E-state index contributed by atoms with van der Waals surface area (Å²) in [6, 6.07) is 23.9. The summed E-state index contributed by atoms with van der Waals surface area (Å²) in [5, 5.41) is 10.4. The zero-order valence-electron chi connectivity index (χ0n) is 26.6. The second-order valence-corrected chi connectivity index (χ2v) is 14.2. The van der Waals surface area contributed by atoms with Gasteiger partial charge in [0, 0.05) is 30.0 Å². The van der Waals surface area contributed by atoms with Gasteiger partial charge in [-0.3, -0.25) is 0 Å². The van der Waals surface area contributed by atoms with Gasteiger partial charge in [-0.1, -0.05) is 67.1 Å². The lowest BCUT2D eigenvalue weighted by Crippen LogP contribution is -2.55. The van der Waals surface area contributed by atoms with Gasteiger partial charge in [0.1, 0.15) is 5.54 Å². The molecule has 1 unspecified atom stereocenters. The van der Waals surface area contributed by atoms with Crippen molar-refractivity contribution < 1.29 is 19.1 Å². The first-order valence-corrected chi connectivity index (χ1v) is 16.9. The first-order chi connectivity index (χ1) is 22.5. The molecule has 8 heteroatoms. The van der Waals surface area contributed by atoms with Gasteiger partial charge in [0.2, 0.25) is 0 Å². The molecule has 236 valence electrons. The van der Waals surface area contributed by atoms with E-state index in [-0.39, 0.29) is 35.1 Å². The SMILES string of the molecule is COC(=O)N1CC[C@]2(/N=N/c3cccc4c3C[C@@H]3N(C(=O)OC)CC[C@]43[C@@]34CCC[C@@H]3Cc3ccccc34)c3ccccc3CC12. The number of hydrogen-bond acceptors (Lipinski definition) is 6. The topological polar surface area (TPSA) is 83.8 Å². The Morgan fingerprint density at radius 1 is 0.717 bits per heavy atom. The fraction of sp³-hybridized carbons (Fsp3) is 0.474. The summed E-state index contributed by atoms with van der Waals surface area (Å²) in [6.45, 7) is 1.28. The van der Waals surface area contributed by atoms with E-state index in [1.165, 1.54) is 54.9 Å². The van der Waals surface area contributed by atoms with Crippen LogP contribution in [0.4, 0.5) is 15.3 Å². The molecule has 0 spiro atoms. The van der Waals surface area contributed by atoms with Crippen molar-refractivity contribution in [2.45, 2.75) is 79.8 Å². The van der Waals surface area contributed by atoms with Crippen LogP contribution in [-0.4, -0.2) is 61.4 Å². The van der Waals surface area contributed by atoms with E-state index in [9.17, 15) is 9.59 Å². The summed E-state index contributed by atoms with van der Waals surface area (Å²) in [4.78, 5) is 30.0. The molecular formula is C38H40N4O4. The number of likely N-dealkylation sites (tertiary alicyclic amines) is 2. The van der Waals surface area contributed by atoms with Gasteiger partial charge in [-0.2, -0.15) is 10.2 Å². The van der Waals surface area contributed by atoms with E-state index >= 15 is 0 Å². The summed E-state index contributed by atoms with van der Waals surface area (Å²) in [5.41, 5.74) is 7.90. The van der Waals surface area contributed by atoms with Crippen LogP contribution in [0.3, 0.4) is 0 Å². The zero-order chi connectivity index (χ0) is 31.3. The van der Waals surface area contributed by atoms with E-state index in [0.717, 1.165) is 43.4 Å². The molecule has 4 aliphatic carbocycles. The van der Waals surface area contributed by atoms with Crippen LogP contribution in [0.1, 0.15) is 65.5 Å². The van der Waals surface area contributed by atoms with Crippen LogP contribution in [0.25, 0.3) is 0 Å². The lowest BCUT2D eigenvalue weighted by molar-refractivity contribution is 0.0923. The Kier molecular flexibility index (Phi) is 6.04. The van der Waals surface area contributed by atoms with Crippen LogP contribution in [0.5, 0.6) is 0 Å². The second kappa shape index (κ2) is 9.90. The average Bonchev–Trinajstić information content (AvgIpc) is 3.91. The van der Waals surface area contributed by atoms with Gasteiger partial charge in [0.15, 0.2) is 0 Å². The van der Waals surface area contributed by atoms with Crippen LogP contribution in [-0.2, 0) is 45.1 Å². The van der Waals surface area contributed by atoms with Crippen molar-refractivity contribution in [3.05, 3.63) is 100 Å². The highest BCUT2D eigenvalue weighted by Crippen LogP contribution is 2.69. The molecule has 0 bridgehead atoms. The Labute approximate surface area is 269 Å². The highest BCUT2D eigenvalue weighted by Gasteiger charge is 2.70. The number of azo groups is 1. The minimum absolute atomic E-state index is 0.00234. The highest BCUT2D eigenvalue weighted by atomic mass is 16.5. The number of rotatable bonds is 3. The minimum atomic E-state index is -0.614. The third-order valence-corrected chi connectivity index (χ3v) is 13.0. The molecule has 2 aliphatic heterocycles. The lowest BCUT2D eigenvalue weighted by Gasteiger charge is -2.50. The molecule has 0 N–H and O–H groups in total. The van der Waals surface area contributed by atoms with E-state index in [0.29, 0.717) is 25.4 Å². The molecule has 46 heavy (non-hydrogen) atoms. The summed E-state index contributed by atoms with van der Waals surface area (Å²) in [6.07, 6.45) is 7.21. The number of methoxy groups -OCH3 is 2. The average molecular weight is 617 g/mol. The normalized spacial score (nSPS) is 33.0. The Morgan fingerprint density at radius 2 is 1.39 bits per heavy atom. The third-order valence-electron chi connectivity index (χ3n) is 13.0. The quantitative estimate of drug-likeness (QED) is 0.297. The predicted molar refractivity (Wildman–Crippen MR) is 172 cm³/mol. The predicted octanol–water partition coefficient (Wildman–Crippen LogP) is 6.99. The molecule has 2 amide bonds. The Balaban J connectivity index is 1.19. The largest absolute Gasteiger partial charge is 0.453 e. The monoisotopic (exact) mass is 616 g/mol. The van der Waals surface area contributed by atoms with Crippen molar-refractivity contribution >= 4 is 17.9 Å². The molecule has 8 nitrogen and oxygen atoms in total. The maximum absolute atomic E-state index is 13.4. The molecule has 1 saturated carbocycles. The van der Waals surface area contributed by atoms with Gasteiger partial charge >= 0.3 is 12.2 Å². The molecule has 9 rings (SSSR count). The number of ether oxygens (including phenoxy) is 2. The van der Waals surface area contributed by atoms with Crippen LogP contribution in [0.2, 0.25) is 0 Å². The van der Waals surface area contributed by atoms with Crippen LogP contribution >= 0.6 is 0 Å². The van der Waals surface area contributed by atoms with Gasteiger partial charge in [-0.25, -0.2) is 9.59 Å². The fourth-order valence-electron chi connectivity index (χ4n) is 11.5. The molecule has 0 radical (unpaired) electrons. The molecule has 2 saturated heterocycles. The number of nitrogens with zero attached hydrogens (tertiary/aromatic N) is 4. The van der Waals surface area contributed by atoms with Gasteiger partial charge in [-0.05, 0) is 90.3 Å². The minimum Gasteiger partial charge on any atom is -0.453 e. The van der Waals surface area contributed by atoms with Gasteiger partial charge in [-0.15, -0.1) is 0 Å². The molecular weight excluding hydrogens is 576 g/mol. The van der Waals surface area contributed by atoms with Crippen molar-refractivity contribution in [1.82, 2.24) is 9.80 Å². The standard InChI is InChI=1S/C38H40N4O4/c1-45-34(43)41-19-17-37(36-16-8-11-26(36)21-24-9-3-5-12-28(24)36)30-14-7-15-31(27(30)23-32(37)41)39-40-38-18-20-42(35(44)46-2)33(38)22-25-10-4-6-13-29(25)38/h3-7,9-10,12-15,26,32-33H,8,11,16-23H2,1-2H3/b40-39+/t26-,32+,33?,36+,37+,38+/m1/s1. The summed E-state index contributed by atoms with van der Waals surface area (Å²) in [7, 11) is 2.95. The Bertz CT molecular complexity index is 1810. The van der Waals surface area contributed by atoms with Crippen molar-refractivity contribution in [3.8, 4) is 0 Å². The van der Waals surface area contributed by atoms with E-state index in [2.05, 4.69) is 66.7 Å². The van der Waals surface area contributed by atoms with Crippen LogP contribution in [0.15, 0.2) is 77.0 Å². The third kappa shape index (κ3) is 3.35. The summed E-state index contributed by atoms with van der Waals surface area (Å²) >= 11 is 0. The number of benzene rings is 3. The molecule has 0 aromatic heterocycles. The fourth-order valence-corrected chi connectivity index (χ4v) is 11.5. The zero-order valence-corrected chi connectivity index (χ0v) is 26.6. The van der Waals surface area contributed by atoms with Crippen molar-refractivity contribution in [2.75, 3.05) is 27.3 Å². The maximum Gasteiger partial charge on any atom is 0.409 e. The molecule has 2 heterocycles. The smallest absolute Gasteiger partial charge is 0.409 e. The maximum atomic E-state index is 13.4. The number of carbonyl (C=O) groups is 2. The van der Waals surface area contributed by atoms with Gasteiger partial charge < -0.3 is 19.3 Å². The number of amides is 2.